The number of aryl methyl sites for hydroxylation is 1. The van der Waals surface area contributed by atoms with Gasteiger partial charge in [0.05, 0.1) is 23.9 Å². The predicted octanol–water partition coefficient (Wildman–Crippen LogP) is 0.190. The Morgan fingerprint density at radius 1 is 1.12 bits per heavy atom. The third-order valence-electron chi connectivity index (χ3n) is 5.30. The summed E-state index contributed by atoms with van der Waals surface area (Å²) in [6, 6.07) is 4.46. The molecule has 0 saturated carbocycles. The lowest BCUT2D eigenvalue weighted by Gasteiger charge is -2.38. The summed E-state index contributed by atoms with van der Waals surface area (Å²) in [7, 11) is -3.82. The summed E-state index contributed by atoms with van der Waals surface area (Å²) in [6.07, 6.45) is 0. The largest absolute Gasteiger partial charge is 0.495 e. The van der Waals surface area contributed by atoms with Crippen LogP contribution in [0.4, 0.5) is 0 Å². The monoisotopic (exact) mass is 402 g/mol. The molecule has 0 unspecified atom stereocenters. The summed E-state index contributed by atoms with van der Waals surface area (Å²) in [5, 5.41) is -0.966. The van der Waals surface area contributed by atoms with Gasteiger partial charge in [0.15, 0.2) is 19.7 Å². The first-order valence-electron chi connectivity index (χ1n) is 8.65. The van der Waals surface area contributed by atoms with Gasteiger partial charge in [0.25, 0.3) is 0 Å². The van der Waals surface area contributed by atoms with E-state index in [0.29, 0.717) is 13.1 Å². The van der Waals surface area contributed by atoms with E-state index >= 15 is 0 Å². The molecule has 0 aromatic heterocycles. The van der Waals surface area contributed by atoms with E-state index in [4.69, 9.17) is 4.74 Å². The molecule has 0 bridgehead atoms. The Morgan fingerprint density at radius 2 is 1.77 bits per heavy atom. The minimum Gasteiger partial charge on any atom is -0.495 e. The number of hydrogen-bond acceptors (Lipinski definition) is 7. The van der Waals surface area contributed by atoms with Crippen molar-refractivity contribution in [3.63, 3.8) is 0 Å². The van der Waals surface area contributed by atoms with E-state index < -0.39 is 31.0 Å². The highest BCUT2D eigenvalue weighted by molar-refractivity contribution is 7.96. The molecule has 26 heavy (non-hydrogen) atoms. The van der Waals surface area contributed by atoms with Crippen molar-refractivity contribution in [1.82, 2.24) is 9.80 Å². The molecule has 2 atom stereocenters. The second kappa shape index (κ2) is 7.10. The third kappa shape index (κ3) is 3.76. The zero-order valence-electron chi connectivity index (χ0n) is 15.4. The molecule has 0 amide bonds. The van der Waals surface area contributed by atoms with Gasteiger partial charge >= 0.3 is 0 Å². The molecule has 9 heteroatoms. The Hall–Kier alpha value is -1.16. The van der Waals surface area contributed by atoms with Gasteiger partial charge in [-0.15, -0.1) is 0 Å². The lowest BCUT2D eigenvalue weighted by Crippen LogP contribution is -2.54. The molecule has 2 fully saturated rings. The average Bonchev–Trinajstić information content (AvgIpc) is 2.92. The van der Waals surface area contributed by atoms with Gasteiger partial charge in [-0.2, -0.15) is 0 Å². The highest BCUT2D eigenvalue weighted by Crippen LogP contribution is 2.34. The third-order valence-corrected chi connectivity index (χ3v) is 9.44. The molecule has 2 heterocycles. The first kappa shape index (κ1) is 19.6. The molecular formula is C17H26N2O5S2. The minimum atomic E-state index is -3.85. The van der Waals surface area contributed by atoms with Crippen molar-refractivity contribution in [2.24, 2.45) is 0 Å². The molecule has 3 rings (SSSR count). The Balaban J connectivity index is 2.00. The zero-order valence-corrected chi connectivity index (χ0v) is 17.0. The first-order valence-corrected chi connectivity index (χ1v) is 12.0. The van der Waals surface area contributed by atoms with Crippen LogP contribution in [0, 0.1) is 6.92 Å². The summed E-state index contributed by atoms with van der Waals surface area (Å²) in [5.74, 6) is -0.171. The van der Waals surface area contributed by atoms with E-state index in [9.17, 15) is 16.8 Å². The molecule has 0 spiro atoms. The maximum atomic E-state index is 13.4. The van der Waals surface area contributed by atoms with Crippen LogP contribution in [0.5, 0.6) is 5.75 Å². The number of ether oxygens (including phenoxy) is 1. The van der Waals surface area contributed by atoms with Crippen molar-refractivity contribution in [1.29, 1.82) is 0 Å². The van der Waals surface area contributed by atoms with Gasteiger partial charge in [-0.3, -0.25) is 4.90 Å². The van der Waals surface area contributed by atoms with Crippen LogP contribution in [0.2, 0.25) is 0 Å². The second-order valence-corrected chi connectivity index (χ2v) is 11.5. The molecule has 0 aliphatic carbocycles. The smallest absolute Gasteiger partial charge is 0.187 e. The summed E-state index contributed by atoms with van der Waals surface area (Å²) < 4.78 is 56.7. The number of nitrogens with zero attached hydrogens (tertiary/aromatic N) is 2. The number of hydrogen-bond donors (Lipinski definition) is 0. The molecule has 146 valence electrons. The minimum absolute atomic E-state index is 0.0845. The maximum absolute atomic E-state index is 13.4. The van der Waals surface area contributed by atoms with Gasteiger partial charge in [0.2, 0.25) is 0 Å². The molecular weight excluding hydrogens is 376 g/mol. The van der Waals surface area contributed by atoms with Gasteiger partial charge in [0.1, 0.15) is 10.6 Å². The summed E-state index contributed by atoms with van der Waals surface area (Å²) in [5.41, 5.74) is 0.793. The molecule has 0 radical (unpaired) electrons. The second-order valence-electron chi connectivity index (χ2n) is 7.22. The van der Waals surface area contributed by atoms with Crippen LogP contribution < -0.4 is 4.74 Å². The Bertz CT molecular complexity index is 874. The molecule has 0 N–H and O–H groups in total. The van der Waals surface area contributed by atoms with Gasteiger partial charge in [0, 0.05) is 32.2 Å². The van der Waals surface area contributed by atoms with Crippen molar-refractivity contribution >= 4 is 19.7 Å². The fourth-order valence-electron chi connectivity index (χ4n) is 3.76. The number of sulfone groups is 2. The van der Waals surface area contributed by atoms with E-state index in [1.807, 2.05) is 18.9 Å². The fourth-order valence-corrected chi connectivity index (χ4v) is 8.83. The van der Waals surface area contributed by atoms with Crippen LogP contribution in [-0.4, -0.2) is 89.8 Å². The van der Waals surface area contributed by atoms with Crippen LogP contribution in [0.25, 0.3) is 0 Å². The molecule has 7 nitrogen and oxygen atoms in total. The highest BCUT2D eigenvalue weighted by atomic mass is 32.2. The van der Waals surface area contributed by atoms with Gasteiger partial charge < -0.3 is 9.64 Å². The van der Waals surface area contributed by atoms with Crippen molar-refractivity contribution in [3.8, 4) is 5.75 Å². The first-order chi connectivity index (χ1) is 12.1. The zero-order chi connectivity index (χ0) is 19.1. The average molecular weight is 403 g/mol. The van der Waals surface area contributed by atoms with Gasteiger partial charge in [-0.25, -0.2) is 16.8 Å². The number of rotatable bonds is 4. The lowest BCUT2D eigenvalue weighted by atomic mass is 10.2. The van der Waals surface area contributed by atoms with E-state index in [1.54, 1.807) is 18.2 Å². The van der Waals surface area contributed by atoms with Crippen molar-refractivity contribution in [2.75, 3.05) is 51.8 Å². The highest BCUT2D eigenvalue weighted by Gasteiger charge is 2.49. The van der Waals surface area contributed by atoms with Crippen LogP contribution in [0.15, 0.2) is 23.1 Å². The standard InChI is InChI=1S/C17H26N2O5S2/c1-13-4-5-15(24-3)16(10-13)26(22,23)17-12-25(20,21)11-14(17)19-8-6-18(2)7-9-19/h4-5,10,14,17H,6-9,11-12H2,1-3H3/t14-,17-/m1/s1. The van der Waals surface area contributed by atoms with Crippen LogP contribution in [0.1, 0.15) is 5.56 Å². The SMILES string of the molecule is COc1ccc(C)cc1S(=O)(=O)[C@@H]1CS(=O)(=O)C[C@H]1N1CCN(C)CC1. The van der Waals surface area contributed by atoms with Crippen molar-refractivity contribution in [3.05, 3.63) is 23.8 Å². The Kier molecular flexibility index (Phi) is 5.35. The number of methoxy groups -OCH3 is 1. The van der Waals surface area contributed by atoms with E-state index in [0.717, 1.165) is 18.7 Å². The predicted molar refractivity (Wildman–Crippen MR) is 100 cm³/mol. The van der Waals surface area contributed by atoms with E-state index in [2.05, 4.69) is 4.90 Å². The van der Waals surface area contributed by atoms with Crippen molar-refractivity contribution < 1.29 is 21.6 Å². The number of benzene rings is 1. The quantitative estimate of drug-likeness (QED) is 0.711. The van der Waals surface area contributed by atoms with E-state index in [-0.39, 0.29) is 22.2 Å². The molecule has 1 aromatic carbocycles. The van der Waals surface area contributed by atoms with Crippen LogP contribution >= 0.6 is 0 Å². The summed E-state index contributed by atoms with van der Waals surface area (Å²) in [4.78, 5) is 4.27. The molecule has 1 aromatic rings. The van der Waals surface area contributed by atoms with Gasteiger partial charge in [-0.05, 0) is 31.7 Å². The molecule has 2 saturated heterocycles. The summed E-state index contributed by atoms with van der Waals surface area (Å²) >= 11 is 0. The normalized spacial score (nSPS) is 27.5. The maximum Gasteiger partial charge on any atom is 0.187 e. The van der Waals surface area contributed by atoms with Crippen molar-refractivity contribution in [2.45, 2.75) is 23.1 Å². The Morgan fingerprint density at radius 3 is 2.38 bits per heavy atom. The molecule has 2 aliphatic rings. The van der Waals surface area contributed by atoms with Crippen LogP contribution in [0.3, 0.4) is 0 Å². The van der Waals surface area contributed by atoms with Gasteiger partial charge in [-0.1, -0.05) is 6.07 Å². The van der Waals surface area contributed by atoms with Crippen LogP contribution in [-0.2, 0) is 19.7 Å². The summed E-state index contributed by atoms with van der Waals surface area (Å²) in [6.45, 7) is 4.76. The topological polar surface area (TPSA) is 84.0 Å². The van der Waals surface area contributed by atoms with E-state index in [1.165, 1.54) is 7.11 Å². The Labute approximate surface area is 155 Å². The lowest BCUT2D eigenvalue weighted by molar-refractivity contribution is 0.122. The number of piperazine rings is 1. The number of likely N-dealkylation sites (N-methyl/N-ethyl adjacent to an activating group) is 1. The fraction of sp³-hybridized carbons (Fsp3) is 0.647. The molecule has 2 aliphatic heterocycles.